The highest BCUT2D eigenvalue weighted by atomic mass is 16.5. The number of hydrogen-bond acceptors (Lipinski definition) is 3. The largest absolute Gasteiger partial charge is 0.492 e. The molecule has 2 N–H and O–H groups in total. The highest BCUT2D eigenvalue weighted by Crippen LogP contribution is 2.24. The number of anilines is 1. The van der Waals surface area contributed by atoms with Crippen molar-refractivity contribution in [1.82, 2.24) is 5.32 Å². The van der Waals surface area contributed by atoms with Gasteiger partial charge in [0.2, 0.25) is 5.91 Å². The molecule has 98 valence electrons. The molecular weight excluding hydrogens is 228 g/mol. The summed E-state index contributed by atoms with van der Waals surface area (Å²) in [6.45, 7) is 6.26. The Morgan fingerprint density at radius 3 is 3.17 bits per heavy atom. The number of carbonyl (C=O) groups is 1. The van der Waals surface area contributed by atoms with Crippen LogP contribution < -0.4 is 15.4 Å². The van der Waals surface area contributed by atoms with Gasteiger partial charge in [-0.3, -0.25) is 4.79 Å². The fraction of sp³-hybridized carbons (Fsp3) is 0.500. The van der Waals surface area contributed by atoms with Gasteiger partial charge in [0.05, 0.1) is 0 Å². The van der Waals surface area contributed by atoms with Crippen molar-refractivity contribution < 1.29 is 9.53 Å². The Kier molecular flexibility index (Phi) is 4.20. The molecule has 4 heteroatoms. The number of amides is 1. The lowest BCUT2D eigenvalue weighted by Gasteiger charge is -2.12. The predicted octanol–water partition coefficient (Wildman–Crippen LogP) is 2.15. The standard InChI is InChI=1S/C14H20N2O2/c1-3-10(2)14(17)16-12-4-5-13-11(8-12)9-15-6-7-18-13/h4-5,8,10,15H,3,6-7,9H2,1-2H3,(H,16,17). The molecule has 0 bridgehead atoms. The molecule has 0 saturated carbocycles. The Morgan fingerprint density at radius 1 is 1.56 bits per heavy atom. The van der Waals surface area contributed by atoms with E-state index in [9.17, 15) is 4.79 Å². The molecule has 4 nitrogen and oxygen atoms in total. The van der Waals surface area contributed by atoms with E-state index in [4.69, 9.17) is 4.74 Å². The van der Waals surface area contributed by atoms with Crippen molar-refractivity contribution in [2.24, 2.45) is 5.92 Å². The summed E-state index contributed by atoms with van der Waals surface area (Å²) in [7, 11) is 0. The summed E-state index contributed by atoms with van der Waals surface area (Å²) >= 11 is 0. The molecule has 1 heterocycles. The molecule has 0 aliphatic carbocycles. The number of fused-ring (bicyclic) bond motifs is 1. The second-order valence-electron chi connectivity index (χ2n) is 4.65. The van der Waals surface area contributed by atoms with Gasteiger partial charge in [-0.25, -0.2) is 0 Å². The molecule has 1 aliphatic heterocycles. The zero-order chi connectivity index (χ0) is 13.0. The summed E-state index contributed by atoms with van der Waals surface area (Å²) in [4.78, 5) is 11.8. The third-order valence-electron chi connectivity index (χ3n) is 3.24. The van der Waals surface area contributed by atoms with Crippen molar-refractivity contribution in [2.45, 2.75) is 26.8 Å². The van der Waals surface area contributed by atoms with E-state index in [1.54, 1.807) is 0 Å². The maximum atomic E-state index is 11.8. The molecule has 0 radical (unpaired) electrons. The molecule has 0 fully saturated rings. The van der Waals surface area contributed by atoms with Gasteiger partial charge in [0, 0.05) is 30.3 Å². The molecule has 1 amide bonds. The van der Waals surface area contributed by atoms with Crippen molar-refractivity contribution in [3.05, 3.63) is 23.8 Å². The highest BCUT2D eigenvalue weighted by Gasteiger charge is 2.13. The fourth-order valence-corrected chi connectivity index (χ4v) is 1.84. The SMILES string of the molecule is CCC(C)C(=O)Nc1ccc2c(c1)CNCCO2. The minimum atomic E-state index is 0.0400. The lowest BCUT2D eigenvalue weighted by atomic mass is 10.1. The Morgan fingerprint density at radius 2 is 2.39 bits per heavy atom. The number of ether oxygens (including phenoxy) is 1. The van der Waals surface area contributed by atoms with Crippen molar-refractivity contribution in [3.63, 3.8) is 0 Å². The summed E-state index contributed by atoms with van der Waals surface area (Å²) in [6.07, 6.45) is 0.849. The van der Waals surface area contributed by atoms with Gasteiger partial charge in [0.25, 0.3) is 0 Å². The van der Waals surface area contributed by atoms with Gasteiger partial charge in [-0.1, -0.05) is 13.8 Å². The van der Waals surface area contributed by atoms with Crippen LogP contribution in [0.4, 0.5) is 5.69 Å². The average molecular weight is 248 g/mol. The smallest absolute Gasteiger partial charge is 0.227 e. The van der Waals surface area contributed by atoms with Crippen LogP contribution in [0, 0.1) is 5.92 Å². The Balaban J connectivity index is 2.11. The minimum absolute atomic E-state index is 0.0400. The first-order valence-electron chi connectivity index (χ1n) is 6.48. The molecule has 0 aromatic heterocycles. The average Bonchev–Trinajstić information content (AvgIpc) is 2.62. The number of carbonyl (C=O) groups excluding carboxylic acids is 1. The zero-order valence-electron chi connectivity index (χ0n) is 11.0. The van der Waals surface area contributed by atoms with Crippen molar-refractivity contribution in [3.8, 4) is 5.75 Å². The first-order chi connectivity index (χ1) is 8.70. The lowest BCUT2D eigenvalue weighted by molar-refractivity contribution is -0.119. The summed E-state index contributed by atoms with van der Waals surface area (Å²) in [5, 5.41) is 6.22. The molecule has 2 rings (SSSR count). The molecule has 0 spiro atoms. The van der Waals surface area contributed by atoms with E-state index in [0.29, 0.717) is 6.61 Å². The predicted molar refractivity (Wildman–Crippen MR) is 71.7 cm³/mol. The second-order valence-corrected chi connectivity index (χ2v) is 4.65. The molecule has 1 aliphatic rings. The first-order valence-corrected chi connectivity index (χ1v) is 6.48. The minimum Gasteiger partial charge on any atom is -0.492 e. The summed E-state index contributed by atoms with van der Waals surface area (Å²) in [5.74, 6) is 1.01. The first kappa shape index (κ1) is 12.9. The van der Waals surface area contributed by atoms with Gasteiger partial charge < -0.3 is 15.4 Å². The molecule has 1 unspecified atom stereocenters. The molecule has 18 heavy (non-hydrogen) atoms. The van der Waals surface area contributed by atoms with Crippen LogP contribution in [0.15, 0.2) is 18.2 Å². The van der Waals surface area contributed by atoms with Crippen LogP contribution in [0.2, 0.25) is 0 Å². The maximum Gasteiger partial charge on any atom is 0.227 e. The number of rotatable bonds is 3. The van der Waals surface area contributed by atoms with Crippen molar-refractivity contribution in [2.75, 3.05) is 18.5 Å². The highest BCUT2D eigenvalue weighted by molar-refractivity contribution is 5.92. The normalized spacial score (nSPS) is 16.1. The van der Waals surface area contributed by atoms with E-state index in [2.05, 4.69) is 10.6 Å². The zero-order valence-corrected chi connectivity index (χ0v) is 11.0. The third kappa shape index (κ3) is 3.01. The summed E-state index contributed by atoms with van der Waals surface area (Å²) < 4.78 is 5.60. The quantitative estimate of drug-likeness (QED) is 0.861. The van der Waals surface area contributed by atoms with E-state index in [1.807, 2.05) is 32.0 Å². The number of hydrogen-bond donors (Lipinski definition) is 2. The Hall–Kier alpha value is -1.55. The van der Waals surface area contributed by atoms with Crippen molar-refractivity contribution in [1.29, 1.82) is 0 Å². The lowest BCUT2D eigenvalue weighted by Crippen LogP contribution is -2.19. The van der Waals surface area contributed by atoms with Crippen LogP contribution in [0.3, 0.4) is 0 Å². The maximum absolute atomic E-state index is 11.8. The van der Waals surface area contributed by atoms with Gasteiger partial charge in [0.1, 0.15) is 12.4 Å². The van der Waals surface area contributed by atoms with Gasteiger partial charge in [-0.05, 0) is 24.6 Å². The van der Waals surface area contributed by atoms with Crippen LogP contribution in [0.5, 0.6) is 5.75 Å². The third-order valence-corrected chi connectivity index (χ3v) is 3.24. The van der Waals surface area contributed by atoms with Crippen LogP contribution in [0.1, 0.15) is 25.8 Å². The van der Waals surface area contributed by atoms with E-state index < -0.39 is 0 Å². The second kappa shape index (κ2) is 5.87. The Bertz CT molecular complexity index is 432. The van der Waals surface area contributed by atoms with Crippen molar-refractivity contribution >= 4 is 11.6 Å². The van der Waals surface area contributed by atoms with Crippen LogP contribution in [-0.4, -0.2) is 19.1 Å². The molecular formula is C14H20N2O2. The van der Waals surface area contributed by atoms with Gasteiger partial charge in [-0.2, -0.15) is 0 Å². The number of benzene rings is 1. The molecule has 0 saturated heterocycles. The van der Waals surface area contributed by atoms with E-state index in [-0.39, 0.29) is 11.8 Å². The van der Waals surface area contributed by atoms with E-state index >= 15 is 0 Å². The van der Waals surface area contributed by atoms with E-state index in [1.165, 1.54) is 0 Å². The topological polar surface area (TPSA) is 50.4 Å². The molecule has 1 aromatic rings. The Labute approximate surface area is 108 Å². The van der Waals surface area contributed by atoms with Crippen LogP contribution >= 0.6 is 0 Å². The monoisotopic (exact) mass is 248 g/mol. The van der Waals surface area contributed by atoms with E-state index in [0.717, 1.165) is 36.5 Å². The molecule has 1 atom stereocenters. The summed E-state index contributed by atoms with van der Waals surface area (Å²) in [5.41, 5.74) is 1.93. The van der Waals surface area contributed by atoms with Crippen LogP contribution in [-0.2, 0) is 11.3 Å². The van der Waals surface area contributed by atoms with Crippen LogP contribution in [0.25, 0.3) is 0 Å². The van der Waals surface area contributed by atoms with Gasteiger partial charge in [-0.15, -0.1) is 0 Å². The van der Waals surface area contributed by atoms with Gasteiger partial charge in [0.15, 0.2) is 0 Å². The molecule has 1 aromatic carbocycles. The van der Waals surface area contributed by atoms with Gasteiger partial charge >= 0.3 is 0 Å². The fourth-order valence-electron chi connectivity index (χ4n) is 1.84. The summed E-state index contributed by atoms with van der Waals surface area (Å²) in [6, 6.07) is 5.80. The number of nitrogens with one attached hydrogen (secondary N) is 2.